The number of carbonyl (C=O) groups excluding carboxylic acids is 1. The van der Waals surface area contributed by atoms with Gasteiger partial charge in [0.1, 0.15) is 5.78 Å². The number of rotatable bonds is 14. The fourth-order valence-electron chi connectivity index (χ4n) is 4.53. The van der Waals surface area contributed by atoms with Gasteiger partial charge in [-0.25, -0.2) is 0 Å². The Morgan fingerprint density at radius 3 is 2.48 bits per heavy atom. The molecule has 0 heterocycles. The van der Waals surface area contributed by atoms with Crippen LogP contribution in [0.2, 0.25) is 0 Å². The molecule has 1 aromatic carbocycles. The van der Waals surface area contributed by atoms with Crippen LogP contribution in [0.25, 0.3) is 5.57 Å². The van der Waals surface area contributed by atoms with Gasteiger partial charge in [-0.2, -0.15) is 0 Å². The van der Waals surface area contributed by atoms with Gasteiger partial charge < -0.3 is 15.3 Å². The minimum atomic E-state index is -0.773. The summed E-state index contributed by atoms with van der Waals surface area (Å²) in [6.07, 6.45) is 8.63. The zero-order valence-corrected chi connectivity index (χ0v) is 18.7. The highest BCUT2D eigenvalue weighted by Crippen LogP contribution is 2.37. The van der Waals surface area contributed by atoms with E-state index in [0.29, 0.717) is 19.3 Å². The van der Waals surface area contributed by atoms with Gasteiger partial charge in [-0.1, -0.05) is 81.9 Å². The average molecular weight is 431 g/mol. The summed E-state index contributed by atoms with van der Waals surface area (Å²) < 4.78 is 0. The molecule has 0 aromatic heterocycles. The molecular formula is C26H38O5. The van der Waals surface area contributed by atoms with Gasteiger partial charge in [0.2, 0.25) is 0 Å². The Morgan fingerprint density at radius 2 is 1.81 bits per heavy atom. The molecule has 0 amide bonds. The summed E-state index contributed by atoms with van der Waals surface area (Å²) >= 11 is 0. The van der Waals surface area contributed by atoms with Crippen LogP contribution in [0.4, 0.5) is 0 Å². The summed E-state index contributed by atoms with van der Waals surface area (Å²) in [6.45, 7) is 2.13. The molecule has 0 radical (unpaired) electrons. The number of unbranched alkanes of at least 4 members (excludes halogenated alkanes) is 5. The Kier molecular flexibility index (Phi) is 11.0. The molecule has 172 valence electrons. The Labute approximate surface area is 186 Å². The Morgan fingerprint density at radius 1 is 1.10 bits per heavy atom. The van der Waals surface area contributed by atoms with E-state index in [1.165, 1.54) is 0 Å². The number of ketones is 1. The van der Waals surface area contributed by atoms with E-state index in [1.807, 2.05) is 36.4 Å². The molecule has 5 heteroatoms. The maximum atomic E-state index is 12.6. The first-order chi connectivity index (χ1) is 14.9. The molecule has 0 bridgehead atoms. The second-order valence-corrected chi connectivity index (χ2v) is 8.77. The summed E-state index contributed by atoms with van der Waals surface area (Å²) in [5, 5.41) is 30.3. The van der Waals surface area contributed by atoms with Crippen LogP contribution in [0.15, 0.2) is 36.4 Å². The molecule has 0 unspecified atom stereocenters. The average Bonchev–Trinajstić information content (AvgIpc) is 3.01. The van der Waals surface area contributed by atoms with E-state index in [0.717, 1.165) is 49.7 Å². The smallest absolute Gasteiger partial charge is 0.303 e. The molecule has 0 aliphatic heterocycles. The summed E-state index contributed by atoms with van der Waals surface area (Å²) in [6, 6.07) is 9.75. The van der Waals surface area contributed by atoms with Crippen molar-refractivity contribution in [1.82, 2.24) is 0 Å². The molecule has 2 rings (SSSR count). The Balaban J connectivity index is 2.10. The van der Waals surface area contributed by atoms with Gasteiger partial charge in [-0.3, -0.25) is 9.59 Å². The second kappa shape index (κ2) is 13.4. The van der Waals surface area contributed by atoms with E-state index >= 15 is 0 Å². The third kappa shape index (κ3) is 8.23. The number of Topliss-reactive ketones (excluding diaryl/α,β-unsaturated/α-hetero) is 1. The minimum absolute atomic E-state index is 0.0900. The molecule has 3 N–H and O–H groups in total. The number of carbonyl (C=O) groups is 2. The van der Waals surface area contributed by atoms with Crippen molar-refractivity contribution in [3.8, 4) is 0 Å². The molecule has 31 heavy (non-hydrogen) atoms. The van der Waals surface area contributed by atoms with Crippen molar-refractivity contribution in [2.45, 2.75) is 89.8 Å². The largest absolute Gasteiger partial charge is 0.481 e. The quantitative estimate of drug-likeness (QED) is 0.361. The minimum Gasteiger partial charge on any atom is -0.481 e. The van der Waals surface area contributed by atoms with E-state index in [9.17, 15) is 19.8 Å². The molecule has 1 fully saturated rings. The fraction of sp³-hybridized carbons (Fsp3) is 0.615. The lowest BCUT2D eigenvalue weighted by molar-refractivity contribution is -0.137. The van der Waals surface area contributed by atoms with Crippen LogP contribution in [0.1, 0.15) is 83.1 Å². The number of hydrogen-bond donors (Lipinski definition) is 3. The van der Waals surface area contributed by atoms with Crippen molar-refractivity contribution in [2.24, 2.45) is 11.8 Å². The van der Waals surface area contributed by atoms with Crippen molar-refractivity contribution >= 4 is 17.3 Å². The third-order valence-electron chi connectivity index (χ3n) is 6.31. The fourth-order valence-corrected chi connectivity index (χ4v) is 4.53. The summed E-state index contributed by atoms with van der Waals surface area (Å²) in [5.41, 5.74) is 1.74. The highest BCUT2D eigenvalue weighted by molar-refractivity contribution is 5.85. The standard InChI is InChI=1S/C26H38O5/c1-2-3-7-15-23(27)21(19-12-8-6-9-13-19)17-22-20(24(28)18-25(22)29)14-10-4-5-11-16-26(30)31/h6,8-9,12-13,17,20,22-23,25,27,29H,2-5,7,10-11,14-16,18H2,1H3,(H,30,31)/b21-17+/t20-,22-,23+,25-/m1/s1. The number of carboxylic acids is 1. The van der Waals surface area contributed by atoms with Crippen molar-refractivity contribution in [1.29, 1.82) is 0 Å². The van der Waals surface area contributed by atoms with E-state index in [2.05, 4.69) is 6.92 Å². The molecule has 0 spiro atoms. The molecule has 1 aromatic rings. The van der Waals surface area contributed by atoms with Crippen LogP contribution in [-0.2, 0) is 9.59 Å². The van der Waals surface area contributed by atoms with Crippen molar-refractivity contribution in [2.75, 3.05) is 0 Å². The zero-order valence-electron chi connectivity index (χ0n) is 18.7. The maximum absolute atomic E-state index is 12.6. The van der Waals surface area contributed by atoms with Crippen LogP contribution in [-0.4, -0.2) is 39.3 Å². The van der Waals surface area contributed by atoms with E-state index in [1.54, 1.807) is 0 Å². The SMILES string of the molecule is CCCCC[C@H](O)/C(=C/[C@H]1[C@H](O)CC(=O)[C@@H]1CCCCCCC(=O)O)c1ccccc1. The van der Waals surface area contributed by atoms with Gasteiger partial charge in [0.25, 0.3) is 0 Å². The molecular weight excluding hydrogens is 392 g/mol. The van der Waals surface area contributed by atoms with Crippen LogP contribution < -0.4 is 0 Å². The lowest BCUT2D eigenvalue weighted by atomic mass is 9.85. The molecule has 5 nitrogen and oxygen atoms in total. The highest BCUT2D eigenvalue weighted by Gasteiger charge is 2.40. The first-order valence-corrected chi connectivity index (χ1v) is 11.8. The molecule has 4 atom stereocenters. The van der Waals surface area contributed by atoms with Gasteiger partial charge in [0.15, 0.2) is 0 Å². The molecule has 0 saturated heterocycles. The topological polar surface area (TPSA) is 94.8 Å². The van der Waals surface area contributed by atoms with Crippen LogP contribution in [0, 0.1) is 11.8 Å². The number of hydrogen-bond acceptors (Lipinski definition) is 4. The van der Waals surface area contributed by atoms with Crippen LogP contribution in [0.5, 0.6) is 0 Å². The monoisotopic (exact) mass is 430 g/mol. The normalized spacial score (nSPS) is 22.6. The first kappa shape index (κ1) is 25.3. The maximum Gasteiger partial charge on any atom is 0.303 e. The molecule has 1 saturated carbocycles. The number of benzene rings is 1. The van der Waals surface area contributed by atoms with Gasteiger partial charge in [-0.05, 0) is 30.4 Å². The van der Waals surface area contributed by atoms with Gasteiger partial charge in [0, 0.05) is 24.7 Å². The number of aliphatic hydroxyl groups excluding tert-OH is 2. The van der Waals surface area contributed by atoms with Gasteiger partial charge >= 0.3 is 5.97 Å². The zero-order chi connectivity index (χ0) is 22.6. The Hall–Kier alpha value is -1.98. The lowest BCUT2D eigenvalue weighted by Gasteiger charge is -2.22. The number of carboxylic acid groups (broad SMARTS) is 1. The summed E-state index contributed by atoms with van der Waals surface area (Å²) in [4.78, 5) is 23.2. The number of aliphatic carboxylic acids is 1. The van der Waals surface area contributed by atoms with Crippen LogP contribution in [0.3, 0.4) is 0 Å². The summed E-state index contributed by atoms with van der Waals surface area (Å²) in [5.74, 6) is -1.21. The van der Waals surface area contributed by atoms with E-state index < -0.39 is 18.2 Å². The van der Waals surface area contributed by atoms with Crippen LogP contribution >= 0.6 is 0 Å². The number of aliphatic hydroxyl groups is 2. The predicted octanol–water partition coefficient (Wildman–Crippen LogP) is 5.00. The third-order valence-corrected chi connectivity index (χ3v) is 6.31. The summed E-state index contributed by atoms with van der Waals surface area (Å²) in [7, 11) is 0. The second-order valence-electron chi connectivity index (χ2n) is 8.77. The van der Waals surface area contributed by atoms with Gasteiger partial charge in [0.05, 0.1) is 12.2 Å². The molecule has 1 aliphatic carbocycles. The van der Waals surface area contributed by atoms with E-state index in [-0.39, 0.29) is 30.5 Å². The van der Waals surface area contributed by atoms with E-state index in [4.69, 9.17) is 5.11 Å². The highest BCUT2D eigenvalue weighted by atomic mass is 16.4. The van der Waals surface area contributed by atoms with Crippen molar-refractivity contribution in [3.05, 3.63) is 42.0 Å². The van der Waals surface area contributed by atoms with Gasteiger partial charge in [-0.15, -0.1) is 0 Å². The Bertz CT molecular complexity index is 712. The first-order valence-electron chi connectivity index (χ1n) is 11.8. The molecule has 1 aliphatic rings. The van der Waals surface area contributed by atoms with Crippen molar-refractivity contribution < 1.29 is 24.9 Å². The van der Waals surface area contributed by atoms with Crippen molar-refractivity contribution in [3.63, 3.8) is 0 Å². The lowest BCUT2D eigenvalue weighted by Crippen LogP contribution is -2.21. The predicted molar refractivity (Wildman–Crippen MR) is 123 cm³/mol.